The van der Waals surface area contributed by atoms with Crippen molar-refractivity contribution in [2.45, 2.75) is 37.1 Å². The van der Waals surface area contributed by atoms with Crippen LogP contribution in [0.4, 0.5) is 0 Å². The van der Waals surface area contributed by atoms with Gasteiger partial charge in [0.25, 0.3) is 5.91 Å². The minimum Gasteiger partial charge on any atom is -0.345 e. The molecule has 1 aliphatic rings. The van der Waals surface area contributed by atoms with Crippen molar-refractivity contribution in [1.29, 1.82) is 0 Å². The lowest BCUT2D eigenvalue weighted by Gasteiger charge is -2.17. The van der Waals surface area contributed by atoms with Crippen molar-refractivity contribution in [1.82, 2.24) is 5.32 Å². The van der Waals surface area contributed by atoms with Gasteiger partial charge in [-0.15, -0.1) is 18.3 Å². The van der Waals surface area contributed by atoms with E-state index in [1.807, 2.05) is 37.3 Å². The fourth-order valence-corrected chi connectivity index (χ4v) is 3.94. The number of thioether (sulfide) groups is 1. The van der Waals surface area contributed by atoms with Crippen molar-refractivity contribution in [2.24, 2.45) is 0 Å². The van der Waals surface area contributed by atoms with E-state index in [9.17, 15) is 4.79 Å². The Labute approximate surface area is 148 Å². The fourth-order valence-electron chi connectivity index (χ4n) is 3.15. The van der Waals surface area contributed by atoms with Crippen LogP contribution in [0, 0.1) is 0 Å². The van der Waals surface area contributed by atoms with E-state index in [1.54, 1.807) is 11.8 Å². The predicted molar refractivity (Wildman–Crippen MR) is 102 cm³/mol. The zero-order valence-corrected chi connectivity index (χ0v) is 14.9. The van der Waals surface area contributed by atoms with Crippen molar-refractivity contribution >= 4 is 17.7 Å². The molecule has 0 heterocycles. The highest BCUT2D eigenvalue weighted by atomic mass is 32.2. The standard InChI is InChI=1S/C21H23NOS/c1-3-13-24-20-10-5-4-9-19(20)21(23)22-15(2)17-12-11-16-7-6-8-18(16)14-17/h3-5,9-12,14-15H,1,6-8,13H2,2H3,(H,22,23)/t15-/m1/s1. The smallest absolute Gasteiger partial charge is 0.252 e. The van der Waals surface area contributed by atoms with Crippen LogP contribution in [-0.2, 0) is 12.8 Å². The zero-order valence-electron chi connectivity index (χ0n) is 14.0. The maximum Gasteiger partial charge on any atom is 0.252 e. The third-order valence-corrected chi connectivity index (χ3v) is 5.53. The Bertz CT molecular complexity index is 753. The van der Waals surface area contributed by atoms with Gasteiger partial charge in [0.2, 0.25) is 0 Å². The van der Waals surface area contributed by atoms with E-state index in [2.05, 4.69) is 30.1 Å². The Morgan fingerprint density at radius 1 is 1.25 bits per heavy atom. The van der Waals surface area contributed by atoms with Crippen LogP contribution in [0.5, 0.6) is 0 Å². The second-order valence-electron chi connectivity index (χ2n) is 6.17. The molecule has 0 spiro atoms. The zero-order chi connectivity index (χ0) is 16.9. The summed E-state index contributed by atoms with van der Waals surface area (Å²) in [6.07, 6.45) is 5.44. The maximum absolute atomic E-state index is 12.7. The van der Waals surface area contributed by atoms with Crippen molar-refractivity contribution in [3.05, 3.63) is 77.4 Å². The van der Waals surface area contributed by atoms with Gasteiger partial charge in [0.1, 0.15) is 0 Å². The Morgan fingerprint density at radius 3 is 2.88 bits per heavy atom. The lowest BCUT2D eigenvalue weighted by molar-refractivity contribution is 0.0937. The number of rotatable bonds is 6. The second-order valence-corrected chi connectivity index (χ2v) is 7.23. The summed E-state index contributed by atoms with van der Waals surface area (Å²) in [6.45, 7) is 5.80. The third-order valence-electron chi connectivity index (χ3n) is 4.46. The van der Waals surface area contributed by atoms with Gasteiger partial charge in [0.15, 0.2) is 0 Å². The molecule has 0 saturated heterocycles. The molecule has 1 amide bonds. The molecule has 0 bridgehead atoms. The number of amides is 1. The van der Waals surface area contributed by atoms with E-state index in [0.29, 0.717) is 0 Å². The van der Waals surface area contributed by atoms with Crippen LogP contribution >= 0.6 is 11.8 Å². The first-order valence-corrected chi connectivity index (χ1v) is 9.43. The van der Waals surface area contributed by atoms with Crippen molar-refractivity contribution in [3.8, 4) is 0 Å². The minimum absolute atomic E-state index is 0.000797. The number of aryl methyl sites for hydroxylation is 2. The average Bonchev–Trinajstić information content (AvgIpc) is 3.07. The van der Waals surface area contributed by atoms with Crippen molar-refractivity contribution in [2.75, 3.05) is 5.75 Å². The van der Waals surface area contributed by atoms with Crippen LogP contribution in [0.25, 0.3) is 0 Å². The van der Waals surface area contributed by atoms with Gasteiger partial charge in [-0.3, -0.25) is 4.79 Å². The summed E-state index contributed by atoms with van der Waals surface area (Å²) in [5, 5.41) is 3.14. The monoisotopic (exact) mass is 337 g/mol. The Balaban J connectivity index is 1.73. The summed E-state index contributed by atoms with van der Waals surface area (Å²) >= 11 is 1.64. The average molecular weight is 337 g/mol. The Morgan fingerprint density at radius 2 is 2.04 bits per heavy atom. The lowest BCUT2D eigenvalue weighted by atomic mass is 10.0. The molecule has 24 heavy (non-hydrogen) atoms. The van der Waals surface area contributed by atoms with Crippen LogP contribution in [0.2, 0.25) is 0 Å². The molecule has 2 aromatic carbocycles. The van der Waals surface area contributed by atoms with Crippen LogP contribution in [0.1, 0.15) is 46.4 Å². The van der Waals surface area contributed by atoms with Gasteiger partial charge in [0, 0.05) is 10.6 Å². The minimum atomic E-state index is -0.0184. The van der Waals surface area contributed by atoms with Crippen LogP contribution in [-0.4, -0.2) is 11.7 Å². The molecule has 3 rings (SSSR count). The first-order chi connectivity index (χ1) is 11.7. The molecule has 0 saturated carbocycles. The molecule has 2 nitrogen and oxygen atoms in total. The van der Waals surface area contributed by atoms with Crippen LogP contribution < -0.4 is 5.32 Å². The number of carbonyl (C=O) groups excluding carboxylic acids is 1. The summed E-state index contributed by atoms with van der Waals surface area (Å²) in [6, 6.07) is 14.4. The largest absolute Gasteiger partial charge is 0.345 e. The van der Waals surface area contributed by atoms with E-state index >= 15 is 0 Å². The molecule has 2 aromatic rings. The van der Waals surface area contributed by atoms with Gasteiger partial charge in [-0.2, -0.15) is 0 Å². The molecule has 3 heteroatoms. The fraction of sp³-hybridized carbons (Fsp3) is 0.286. The molecule has 0 unspecified atom stereocenters. The quantitative estimate of drug-likeness (QED) is 0.597. The van der Waals surface area contributed by atoms with E-state index in [-0.39, 0.29) is 11.9 Å². The highest BCUT2D eigenvalue weighted by Gasteiger charge is 2.17. The van der Waals surface area contributed by atoms with E-state index in [4.69, 9.17) is 0 Å². The number of hydrogen-bond donors (Lipinski definition) is 1. The first-order valence-electron chi connectivity index (χ1n) is 8.44. The Hall–Kier alpha value is -2.00. The highest BCUT2D eigenvalue weighted by molar-refractivity contribution is 7.99. The van der Waals surface area contributed by atoms with Gasteiger partial charge in [-0.25, -0.2) is 0 Å². The summed E-state index contributed by atoms with van der Waals surface area (Å²) in [5.74, 6) is 0.778. The normalized spacial score (nSPS) is 14.0. The first kappa shape index (κ1) is 16.8. The highest BCUT2D eigenvalue weighted by Crippen LogP contribution is 2.26. The third kappa shape index (κ3) is 3.73. The molecule has 0 aromatic heterocycles. The number of nitrogens with one attached hydrogen (secondary N) is 1. The number of carbonyl (C=O) groups is 1. The molecule has 0 aliphatic heterocycles. The predicted octanol–water partition coefficient (Wildman–Crippen LogP) is 4.94. The lowest BCUT2D eigenvalue weighted by Crippen LogP contribution is -2.27. The number of fused-ring (bicyclic) bond motifs is 1. The van der Waals surface area contributed by atoms with E-state index < -0.39 is 0 Å². The van der Waals surface area contributed by atoms with Gasteiger partial charge >= 0.3 is 0 Å². The molecule has 0 fully saturated rings. The molecular weight excluding hydrogens is 314 g/mol. The molecule has 0 radical (unpaired) electrons. The SMILES string of the molecule is C=CCSc1ccccc1C(=O)N[C@H](C)c1ccc2c(c1)CCC2. The Kier molecular flexibility index (Phi) is 5.41. The number of hydrogen-bond acceptors (Lipinski definition) is 2. The molecule has 1 aliphatic carbocycles. The topological polar surface area (TPSA) is 29.1 Å². The molecule has 1 atom stereocenters. The summed E-state index contributed by atoms with van der Waals surface area (Å²) < 4.78 is 0. The summed E-state index contributed by atoms with van der Waals surface area (Å²) in [4.78, 5) is 13.7. The summed E-state index contributed by atoms with van der Waals surface area (Å²) in [5.41, 5.74) is 4.82. The van der Waals surface area contributed by atoms with Crippen LogP contribution in [0.3, 0.4) is 0 Å². The molecular formula is C21H23NOS. The van der Waals surface area contributed by atoms with Gasteiger partial charge in [0.05, 0.1) is 11.6 Å². The van der Waals surface area contributed by atoms with Crippen LogP contribution in [0.15, 0.2) is 60.0 Å². The van der Waals surface area contributed by atoms with E-state index in [0.717, 1.165) is 22.6 Å². The van der Waals surface area contributed by atoms with Crippen molar-refractivity contribution < 1.29 is 4.79 Å². The van der Waals surface area contributed by atoms with Gasteiger partial charge < -0.3 is 5.32 Å². The van der Waals surface area contributed by atoms with E-state index in [1.165, 1.54) is 29.5 Å². The molecule has 124 valence electrons. The number of benzene rings is 2. The van der Waals surface area contributed by atoms with Gasteiger partial charge in [-0.1, -0.05) is 36.4 Å². The second kappa shape index (κ2) is 7.71. The van der Waals surface area contributed by atoms with Crippen molar-refractivity contribution in [3.63, 3.8) is 0 Å². The maximum atomic E-state index is 12.7. The molecule has 1 N–H and O–H groups in total. The van der Waals surface area contributed by atoms with Gasteiger partial charge in [-0.05, 0) is 55.0 Å². The summed E-state index contributed by atoms with van der Waals surface area (Å²) in [7, 11) is 0.